The van der Waals surface area contributed by atoms with Crippen LogP contribution in [0.5, 0.6) is 0 Å². The van der Waals surface area contributed by atoms with E-state index in [0.29, 0.717) is 11.7 Å². The Kier molecular flexibility index (Phi) is 4.49. The Morgan fingerprint density at radius 2 is 2.11 bits per heavy atom. The van der Waals surface area contributed by atoms with Crippen molar-refractivity contribution < 1.29 is 4.90 Å². The Morgan fingerprint density at radius 3 is 2.96 bits per heavy atom. The van der Waals surface area contributed by atoms with Gasteiger partial charge in [0.15, 0.2) is 6.67 Å². The molecule has 0 saturated carbocycles. The van der Waals surface area contributed by atoms with E-state index in [1.807, 2.05) is 33.4 Å². The summed E-state index contributed by atoms with van der Waals surface area (Å²) in [4.78, 5) is 10.9. The largest absolute Gasteiger partial charge is 0.316 e. The number of hydrogen-bond donors (Lipinski definition) is 1. The number of aryl methyl sites for hydroxylation is 2. The van der Waals surface area contributed by atoms with Crippen LogP contribution in [0.4, 0.5) is 0 Å². The smallest absolute Gasteiger partial charge is 0.254 e. The highest BCUT2D eigenvalue weighted by Gasteiger charge is 2.27. The van der Waals surface area contributed by atoms with Crippen LogP contribution in [-0.4, -0.2) is 37.2 Å². The number of thiazole rings is 1. The quantitative estimate of drug-likeness (QED) is 0.527. The Labute approximate surface area is 172 Å². The second-order valence-corrected chi connectivity index (χ2v) is 9.11. The molecule has 2 atom stereocenters. The van der Waals surface area contributed by atoms with Gasteiger partial charge in [-0.05, 0) is 57.1 Å². The molecule has 0 aliphatic carbocycles. The number of likely N-dealkylation sites (tertiary alicyclic amines) is 1. The second-order valence-electron chi connectivity index (χ2n) is 7.68. The molecule has 144 valence electrons. The van der Waals surface area contributed by atoms with Crippen LogP contribution < -0.4 is 4.90 Å². The zero-order chi connectivity index (χ0) is 19.3. The van der Waals surface area contributed by atoms with E-state index in [1.165, 1.54) is 27.4 Å². The molecule has 0 spiro atoms. The molecule has 1 saturated heterocycles. The van der Waals surface area contributed by atoms with Gasteiger partial charge in [-0.25, -0.2) is 9.97 Å². The SMILES string of the molecule is Cc1cc(C)n2c(=S)n(C[NH+]3CCC[C@H](c4nc5ccccc5s4)C3)nc2n1. The first-order valence-corrected chi connectivity index (χ1v) is 10.9. The molecule has 1 unspecified atom stereocenters. The van der Waals surface area contributed by atoms with Crippen molar-refractivity contribution >= 4 is 39.5 Å². The fourth-order valence-corrected chi connectivity index (χ4v) is 5.65. The number of benzene rings is 1. The van der Waals surface area contributed by atoms with E-state index in [4.69, 9.17) is 22.3 Å². The zero-order valence-electron chi connectivity index (χ0n) is 16.1. The second kappa shape index (κ2) is 7.02. The van der Waals surface area contributed by atoms with E-state index in [-0.39, 0.29) is 0 Å². The van der Waals surface area contributed by atoms with Crippen molar-refractivity contribution in [3.05, 3.63) is 51.5 Å². The van der Waals surface area contributed by atoms with Gasteiger partial charge >= 0.3 is 0 Å². The molecule has 0 amide bonds. The van der Waals surface area contributed by atoms with Crippen molar-refractivity contribution in [3.8, 4) is 0 Å². The maximum absolute atomic E-state index is 5.69. The Bertz CT molecular complexity index is 1190. The maximum Gasteiger partial charge on any atom is 0.254 e. The fraction of sp³-hybridized carbons (Fsp3) is 0.400. The molecule has 8 heteroatoms. The molecule has 0 radical (unpaired) electrons. The first kappa shape index (κ1) is 17.9. The minimum atomic E-state index is 0.509. The predicted molar refractivity (Wildman–Crippen MR) is 114 cm³/mol. The van der Waals surface area contributed by atoms with Crippen molar-refractivity contribution in [2.75, 3.05) is 13.1 Å². The standard InChI is InChI=1S/C20H22N6S2/c1-13-10-14(2)26-19(21-13)23-25(20(26)27)12-24-9-5-6-15(11-24)18-22-16-7-3-4-8-17(16)28-18/h3-4,7-8,10,15H,5-6,9,11-12H2,1-2H3/p+1/t15-/m0/s1. The van der Waals surface area contributed by atoms with Crippen LogP contribution in [0.2, 0.25) is 0 Å². The van der Waals surface area contributed by atoms with Crippen molar-refractivity contribution in [3.63, 3.8) is 0 Å². The Hall–Kier alpha value is -2.16. The molecule has 4 heterocycles. The lowest BCUT2D eigenvalue weighted by Crippen LogP contribution is -3.12. The van der Waals surface area contributed by atoms with Crippen LogP contribution >= 0.6 is 23.6 Å². The van der Waals surface area contributed by atoms with Gasteiger partial charge in [0.05, 0.1) is 29.2 Å². The number of aromatic nitrogens is 5. The molecule has 3 aromatic heterocycles. The molecular weight excluding hydrogens is 388 g/mol. The van der Waals surface area contributed by atoms with Crippen LogP contribution in [0.15, 0.2) is 30.3 Å². The summed E-state index contributed by atoms with van der Waals surface area (Å²) >= 11 is 7.53. The van der Waals surface area contributed by atoms with E-state index in [2.05, 4.69) is 36.2 Å². The summed E-state index contributed by atoms with van der Waals surface area (Å²) in [6, 6.07) is 10.5. The number of rotatable bonds is 3. The number of para-hydroxylation sites is 1. The normalized spacial score (nSPS) is 20.2. The van der Waals surface area contributed by atoms with Gasteiger partial charge in [-0.3, -0.25) is 4.40 Å². The molecule has 1 aliphatic rings. The van der Waals surface area contributed by atoms with E-state index >= 15 is 0 Å². The molecule has 4 aromatic rings. The Morgan fingerprint density at radius 1 is 1.25 bits per heavy atom. The first-order valence-electron chi connectivity index (χ1n) is 9.71. The highest BCUT2D eigenvalue weighted by atomic mass is 32.1. The molecule has 1 fully saturated rings. The van der Waals surface area contributed by atoms with Gasteiger partial charge in [-0.15, -0.1) is 16.4 Å². The average molecular weight is 412 g/mol. The first-order chi connectivity index (χ1) is 13.6. The molecule has 0 bridgehead atoms. The highest BCUT2D eigenvalue weighted by Crippen LogP contribution is 2.30. The number of fused-ring (bicyclic) bond motifs is 2. The Balaban J connectivity index is 1.40. The van der Waals surface area contributed by atoms with Crippen molar-refractivity contribution in [1.82, 2.24) is 24.1 Å². The van der Waals surface area contributed by atoms with Crippen LogP contribution in [0.3, 0.4) is 0 Å². The third kappa shape index (κ3) is 3.15. The third-order valence-electron chi connectivity index (χ3n) is 5.52. The van der Waals surface area contributed by atoms with Crippen LogP contribution in [0.1, 0.15) is 35.2 Å². The summed E-state index contributed by atoms with van der Waals surface area (Å²) in [7, 11) is 0. The summed E-state index contributed by atoms with van der Waals surface area (Å²) in [5, 5.41) is 5.96. The van der Waals surface area contributed by atoms with Gasteiger partial charge in [0, 0.05) is 11.4 Å². The van der Waals surface area contributed by atoms with Gasteiger partial charge in [0.25, 0.3) is 5.78 Å². The lowest BCUT2D eigenvalue weighted by molar-refractivity contribution is -0.929. The molecule has 1 aromatic carbocycles. The van der Waals surface area contributed by atoms with Crippen molar-refractivity contribution in [2.45, 2.75) is 39.3 Å². The van der Waals surface area contributed by atoms with E-state index in [1.54, 1.807) is 0 Å². The minimum absolute atomic E-state index is 0.509. The average Bonchev–Trinajstić information content (AvgIpc) is 3.23. The van der Waals surface area contributed by atoms with E-state index in [0.717, 1.165) is 41.4 Å². The summed E-state index contributed by atoms with van der Waals surface area (Å²) in [6.07, 6.45) is 2.41. The van der Waals surface area contributed by atoms with Crippen molar-refractivity contribution in [2.24, 2.45) is 0 Å². The van der Waals surface area contributed by atoms with Crippen LogP contribution in [0, 0.1) is 18.6 Å². The van der Waals surface area contributed by atoms with Gasteiger partial charge in [-0.2, -0.15) is 4.68 Å². The van der Waals surface area contributed by atoms with Gasteiger partial charge in [-0.1, -0.05) is 12.1 Å². The topological polar surface area (TPSA) is 52.5 Å². The maximum atomic E-state index is 5.69. The molecular formula is C20H23N6S2+. The van der Waals surface area contributed by atoms with E-state index < -0.39 is 0 Å². The molecule has 6 nitrogen and oxygen atoms in total. The van der Waals surface area contributed by atoms with Gasteiger partial charge in [0.2, 0.25) is 4.77 Å². The number of hydrogen-bond acceptors (Lipinski definition) is 5. The van der Waals surface area contributed by atoms with Crippen molar-refractivity contribution in [1.29, 1.82) is 0 Å². The number of piperidine rings is 1. The van der Waals surface area contributed by atoms with Gasteiger partial charge in [0.1, 0.15) is 5.01 Å². The summed E-state index contributed by atoms with van der Waals surface area (Å²) in [6.45, 7) is 7.04. The minimum Gasteiger partial charge on any atom is -0.316 e. The van der Waals surface area contributed by atoms with E-state index in [9.17, 15) is 0 Å². The fourth-order valence-electron chi connectivity index (χ4n) is 4.22. The van der Waals surface area contributed by atoms with Crippen LogP contribution in [-0.2, 0) is 6.67 Å². The molecule has 1 N–H and O–H groups in total. The lowest BCUT2D eigenvalue weighted by Gasteiger charge is -2.28. The summed E-state index contributed by atoms with van der Waals surface area (Å²) in [5.74, 6) is 1.20. The molecule has 1 aliphatic heterocycles. The summed E-state index contributed by atoms with van der Waals surface area (Å²) in [5.41, 5.74) is 3.17. The molecule has 28 heavy (non-hydrogen) atoms. The summed E-state index contributed by atoms with van der Waals surface area (Å²) < 4.78 is 5.93. The molecule has 5 rings (SSSR count). The monoisotopic (exact) mass is 411 g/mol. The number of nitrogens with one attached hydrogen (secondary N) is 1. The number of nitrogens with zero attached hydrogens (tertiary/aromatic N) is 5. The predicted octanol–water partition coefficient (Wildman–Crippen LogP) is 2.91. The zero-order valence-corrected chi connectivity index (χ0v) is 17.7. The van der Waals surface area contributed by atoms with Gasteiger partial charge < -0.3 is 4.90 Å². The number of quaternary nitrogens is 1. The highest BCUT2D eigenvalue weighted by molar-refractivity contribution is 7.71. The third-order valence-corrected chi connectivity index (χ3v) is 7.11. The van der Waals surface area contributed by atoms with Crippen LogP contribution in [0.25, 0.3) is 16.0 Å². The lowest BCUT2D eigenvalue weighted by atomic mass is 9.99.